The predicted molar refractivity (Wildman–Crippen MR) is 100 cm³/mol. The third-order valence-electron chi connectivity index (χ3n) is 4.32. The molecule has 7 heteroatoms. The fraction of sp³-hybridized carbons (Fsp3) is 0.0526. The fourth-order valence-electron chi connectivity index (χ4n) is 2.94. The molecule has 0 N–H and O–H groups in total. The van der Waals surface area contributed by atoms with Gasteiger partial charge in [0, 0.05) is 18.0 Å². The average molecular weight is 385 g/mol. The van der Waals surface area contributed by atoms with Gasteiger partial charge in [0.25, 0.3) is 10.0 Å². The highest BCUT2D eigenvalue weighted by molar-refractivity contribution is 7.89. The molecule has 0 atom stereocenters. The molecule has 0 radical (unpaired) electrons. The maximum Gasteiger partial charge on any atom is 0.264 e. The van der Waals surface area contributed by atoms with E-state index in [0.29, 0.717) is 16.2 Å². The van der Waals surface area contributed by atoms with Gasteiger partial charge >= 0.3 is 0 Å². The molecule has 0 saturated heterocycles. The van der Waals surface area contributed by atoms with Gasteiger partial charge in [-0.2, -0.15) is 0 Å². The lowest BCUT2D eigenvalue weighted by Crippen LogP contribution is -2.36. The summed E-state index contributed by atoms with van der Waals surface area (Å²) in [5, 5.41) is 1.35. The second-order valence-electron chi connectivity index (χ2n) is 5.88. The third kappa shape index (κ3) is 2.50. The Hall–Kier alpha value is -2.70. The minimum Gasteiger partial charge on any atom is -0.287 e. The van der Waals surface area contributed by atoms with Gasteiger partial charge in [0.2, 0.25) is 5.78 Å². The zero-order valence-electron chi connectivity index (χ0n) is 13.7. The van der Waals surface area contributed by atoms with E-state index in [1.54, 1.807) is 24.3 Å². The smallest absolute Gasteiger partial charge is 0.264 e. The van der Waals surface area contributed by atoms with Gasteiger partial charge in [0.15, 0.2) is 0 Å². The van der Waals surface area contributed by atoms with E-state index in [0.717, 1.165) is 9.69 Å². The van der Waals surface area contributed by atoms with Crippen LogP contribution in [0, 0.1) is 0 Å². The second-order valence-corrected chi connectivity index (χ2v) is 8.22. The molecule has 1 aromatic heterocycles. The normalized spacial score (nSPS) is 17.5. The van der Waals surface area contributed by atoms with Crippen molar-refractivity contribution in [1.29, 1.82) is 0 Å². The van der Waals surface area contributed by atoms with Crippen LogP contribution in [-0.2, 0) is 10.0 Å². The fourth-order valence-corrected chi connectivity index (χ4v) is 4.54. The summed E-state index contributed by atoms with van der Waals surface area (Å²) in [6.07, 6.45) is 1.47. The lowest BCUT2D eigenvalue weighted by Gasteiger charge is -2.27. The molecule has 3 aromatic rings. The van der Waals surface area contributed by atoms with E-state index in [9.17, 15) is 13.2 Å². The first-order chi connectivity index (χ1) is 12.4. The number of carbonyl (C=O) groups is 1. The van der Waals surface area contributed by atoms with E-state index in [2.05, 4.69) is 4.98 Å². The first-order valence-corrected chi connectivity index (χ1v) is 9.61. The van der Waals surface area contributed by atoms with E-state index in [4.69, 9.17) is 11.6 Å². The van der Waals surface area contributed by atoms with Crippen LogP contribution in [0.3, 0.4) is 0 Å². The Bertz CT molecular complexity index is 1200. The summed E-state index contributed by atoms with van der Waals surface area (Å²) in [6, 6.07) is 15.2. The first kappa shape index (κ1) is 16.8. The standard InChI is InChI=1S/C19H13ClN2O3S/c1-22-16(19(23)14-6-2-3-8-17(14)26(22,24)25)11-13-10-9-12-5-4-7-15(20)18(12)21-13/h2-11H,1H3/b16-11+. The molecular weight excluding hydrogens is 372 g/mol. The highest BCUT2D eigenvalue weighted by Gasteiger charge is 2.36. The van der Waals surface area contributed by atoms with Crippen LogP contribution in [-0.4, -0.2) is 30.5 Å². The number of allylic oxidation sites excluding steroid dienone is 1. The first-order valence-electron chi connectivity index (χ1n) is 7.79. The van der Waals surface area contributed by atoms with E-state index in [1.165, 1.54) is 25.3 Å². The Morgan fingerprint density at radius 3 is 2.62 bits per heavy atom. The van der Waals surface area contributed by atoms with Gasteiger partial charge in [0.05, 0.1) is 21.1 Å². The van der Waals surface area contributed by atoms with Gasteiger partial charge < -0.3 is 0 Å². The number of halogens is 1. The number of hydrogen-bond acceptors (Lipinski definition) is 4. The Labute approximate surface area is 155 Å². The number of nitrogens with zero attached hydrogens (tertiary/aromatic N) is 2. The topological polar surface area (TPSA) is 67.3 Å². The van der Waals surface area contributed by atoms with Crippen molar-refractivity contribution in [2.24, 2.45) is 0 Å². The number of rotatable bonds is 1. The van der Waals surface area contributed by atoms with Crippen molar-refractivity contribution >= 4 is 44.4 Å². The molecular formula is C19H13ClN2O3S. The molecule has 0 amide bonds. The number of fused-ring (bicyclic) bond motifs is 2. The Kier molecular flexibility index (Phi) is 3.82. The lowest BCUT2D eigenvalue weighted by molar-refractivity contribution is 0.101. The molecule has 4 rings (SSSR count). The summed E-state index contributed by atoms with van der Waals surface area (Å²) in [4.78, 5) is 17.3. The van der Waals surface area contributed by atoms with Crippen LogP contribution in [0.25, 0.3) is 17.0 Å². The monoisotopic (exact) mass is 384 g/mol. The molecule has 0 spiro atoms. The molecule has 0 fully saturated rings. The zero-order valence-corrected chi connectivity index (χ0v) is 15.3. The summed E-state index contributed by atoms with van der Waals surface area (Å²) in [5.74, 6) is -0.362. The van der Waals surface area contributed by atoms with Crippen LogP contribution in [0.5, 0.6) is 0 Å². The number of benzene rings is 2. The number of para-hydroxylation sites is 1. The molecule has 130 valence electrons. The van der Waals surface area contributed by atoms with Gasteiger partial charge in [0.1, 0.15) is 5.70 Å². The summed E-state index contributed by atoms with van der Waals surface area (Å²) < 4.78 is 26.4. The van der Waals surface area contributed by atoms with Crippen molar-refractivity contribution in [2.75, 3.05) is 7.05 Å². The van der Waals surface area contributed by atoms with Crippen LogP contribution in [0.15, 0.2) is 65.2 Å². The van der Waals surface area contributed by atoms with Crippen LogP contribution < -0.4 is 0 Å². The Morgan fingerprint density at radius 1 is 1.04 bits per heavy atom. The van der Waals surface area contributed by atoms with Gasteiger partial charge in [-0.3, -0.25) is 9.10 Å². The summed E-state index contributed by atoms with van der Waals surface area (Å²) >= 11 is 6.18. The number of hydrogen-bond donors (Lipinski definition) is 0. The molecule has 0 saturated carbocycles. The minimum atomic E-state index is -3.78. The molecule has 0 aliphatic carbocycles. The van der Waals surface area contributed by atoms with Gasteiger partial charge in [-0.1, -0.05) is 41.9 Å². The predicted octanol–water partition coefficient (Wildman–Crippen LogP) is 3.75. The Balaban J connectivity index is 1.90. The highest BCUT2D eigenvalue weighted by atomic mass is 35.5. The minimum absolute atomic E-state index is 0.0131. The highest BCUT2D eigenvalue weighted by Crippen LogP contribution is 2.32. The molecule has 1 aliphatic heterocycles. The van der Waals surface area contributed by atoms with Crippen LogP contribution in [0.4, 0.5) is 0 Å². The second kappa shape index (κ2) is 5.93. The molecule has 26 heavy (non-hydrogen) atoms. The zero-order chi connectivity index (χ0) is 18.5. The van der Waals surface area contributed by atoms with Crippen LogP contribution >= 0.6 is 11.6 Å². The van der Waals surface area contributed by atoms with Gasteiger partial charge in [-0.05, 0) is 30.3 Å². The molecule has 0 bridgehead atoms. The van der Waals surface area contributed by atoms with Crippen molar-refractivity contribution in [3.05, 3.63) is 76.6 Å². The quantitative estimate of drug-likeness (QED) is 0.599. The maximum atomic E-state index is 12.8. The summed E-state index contributed by atoms with van der Waals surface area (Å²) in [5.41, 5.74) is 1.26. The van der Waals surface area contributed by atoms with E-state index in [-0.39, 0.29) is 21.9 Å². The van der Waals surface area contributed by atoms with Crippen molar-refractivity contribution in [3.8, 4) is 0 Å². The number of aromatic nitrogens is 1. The summed E-state index contributed by atoms with van der Waals surface area (Å²) in [7, 11) is -2.42. The van der Waals surface area contributed by atoms with E-state index in [1.807, 2.05) is 18.2 Å². The third-order valence-corrected chi connectivity index (χ3v) is 6.45. The van der Waals surface area contributed by atoms with Crippen LogP contribution in [0.2, 0.25) is 5.02 Å². The van der Waals surface area contributed by atoms with Crippen molar-refractivity contribution in [1.82, 2.24) is 9.29 Å². The van der Waals surface area contributed by atoms with Crippen LogP contribution in [0.1, 0.15) is 16.1 Å². The van der Waals surface area contributed by atoms with Gasteiger partial charge in [-0.25, -0.2) is 13.4 Å². The molecule has 0 unspecified atom stereocenters. The number of pyridine rings is 1. The maximum absolute atomic E-state index is 12.8. The van der Waals surface area contributed by atoms with Crippen molar-refractivity contribution in [3.63, 3.8) is 0 Å². The van der Waals surface area contributed by atoms with Crippen molar-refractivity contribution in [2.45, 2.75) is 4.90 Å². The molecule has 5 nitrogen and oxygen atoms in total. The SMILES string of the molecule is CN1/C(=C/c2ccc3cccc(Cl)c3n2)C(=O)c2ccccc2S1(=O)=O. The van der Waals surface area contributed by atoms with Gasteiger partial charge in [-0.15, -0.1) is 0 Å². The number of ketones is 1. The number of carbonyl (C=O) groups excluding carboxylic acids is 1. The Morgan fingerprint density at radius 2 is 1.81 bits per heavy atom. The number of sulfonamides is 1. The summed E-state index contributed by atoms with van der Waals surface area (Å²) in [6.45, 7) is 0. The van der Waals surface area contributed by atoms with E-state index < -0.39 is 10.0 Å². The average Bonchev–Trinajstić information content (AvgIpc) is 2.64. The lowest BCUT2D eigenvalue weighted by atomic mass is 10.1. The van der Waals surface area contributed by atoms with E-state index >= 15 is 0 Å². The molecule has 2 aromatic carbocycles. The van der Waals surface area contributed by atoms with Crippen molar-refractivity contribution < 1.29 is 13.2 Å². The largest absolute Gasteiger partial charge is 0.287 e. The number of Topliss-reactive ketones (excluding diaryl/α,β-unsaturated/α-hetero) is 1. The molecule has 2 heterocycles. The molecule has 1 aliphatic rings. The number of likely N-dealkylation sites (N-methyl/N-ethyl adjacent to an activating group) is 1.